The summed E-state index contributed by atoms with van der Waals surface area (Å²) in [5, 5.41) is 7.89. The van der Waals surface area contributed by atoms with Crippen LogP contribution in [0.5, 0.6) is 5.75 Å². The number of halogens is 3. The van der Waals surface area contributed by atoms with Gasteiger partial charge in [0.05, 0.1) is 9.50 Å². The zero-order valence-electron chi connectivity index (χ0n) is 11.6. The van der Waals surface area contributed by atoms with Gasteiger partial charge in [-0.15, -0.1) is 5.10 Å². The number of hydrogen-bond acceptors (Lipinski definition) is 5. The van der Waals surface area contributed by atoms with E-state index >= 15 is 0 Å². The predicted octanol–water partition coefficient (Wildman–Crippen LogP) is 5.08. The molecule has 0 aliphatic rings. The van der Waals surface area contributed by atoms with Gasteiger partial charge >= 0.3 is 6.01 Å². The summed E-state index contributed by atoms with van der Waals surface area (Å²) in [6.45, 7) is 0.393. The zero-order valence-corrected chi connectivity index (χ0v) is 15.5. The molecule has 0 aliphatic heterocycles. The molecule has 0 unspecified atom stereocenters. The molecule has 3 rings (SSSR count). The summed E-state index contributed by atoms with van der Waals surface area (Å²) in [6.07, 6.45) is 0. The molecule has 23 heavy (non-hydrogen) atoms. The molecule has 0 radical (unpaired) electrons. The fourth-order valence-corrected chi connectivity index (χ4v) is 3.36. The van der Waals surface area contributed by atoms with Crippen molar-refractivity contribution >= 4 is 49.5 Å². The minimum Gasteiger partial charge on any atom is -0.486 e. The van der Waals surface area contributed by atoms with E-state index in [9.17, 15) is 0 Å². The Labute approximate surface area is 154 Å². The van der Waals surface area contributed by atoms with Crippen LogP contribution in [0.15, 0.2) is 49.8 Å². The Kier molecular flexibility index (Phi) is 4.89. The zero-order chi connectivity index (χ0) is 16.4. The van der Waals surface area contributed by atoms with Gasteiger partial charge in [0, 0.05) is 10.0 Å². The molecule has 3 aromatic rings. The minimum absolute atomic E-state index is 0.00206. The van der Waals surface area contributed by atoms with Gasteiger partial charge in [0.2, 0.25) is 5.89 Å². The van der Waals surface area contributed by atoms with Gasteiger partial charge in [-0.1, -0.05) is 44.8 Å². The normalized spacial score (nSPS) is 10.7. The Hall–Kier alpha value is -1.57. The van der Waals surface area contributed by atoms with E-state index in [4.69, 9.17) is 26.5 Å². The average Bonchev–Trinajstić information content (AvgIpc) is 2.93. The average molecular weight is 460 g/mol. The van der Waals surface area contributed by atoms with Crippen LogP contribution in [0.4, 0.5) is 6.01 Å². The highest BCUT2D eigenvalue weighted by atomic mass is 79.9. The lowest BCUT2D eigenvalue weighted by Crippen LogP contribution is -1.97. The van der Waals surface area contributed by atoms with Crippen LogP contribution < -0.4 is 10.5 Å². The summed E-state index contributed by atoms with van der Waals surface area (Å²) in [4.78, 5) is 0. The number of nitrogens with zero attached hydrogens (tertiary/aromatic N) is 2. The Morgan fingerprint density at radius 1 is 1.17 bits per heavy atom. The number of anilines is 1. The topological polar surface area (TPSA) is 74.2 Å². The highest BCUT2D eigenvalue weighted by Crippen LogP contribution is 2.38. The van der Waals surface area contributed by atoms with Gasteiger partial charge in [0.1, 0.15) is 6.61 Å². The van der Waals surface area contributed by atoms with Crippen LogP contribution in [0.2, 0.25) is 5.02 Å². The molecule has 0 atom stereocenters. The van der Waals surface area contributed by atoms with Crippen LogP contribution in [-0.2, 0) is 6.61 Å². The van der Waals surface area contributed by atoms with Gasteiger partial charge in [0.25, 0.3) is 0 Å². The molecule has 1 heterocycles. The van der Waals surface area contributed by atoms with Crippen LogP contribution >= 0.6 is 43.5 Å². The molecule has 2 N–H and O–H groups in total. The van der Waals surface area contributed by atoms with Crippen molar-refractivity contribution in [2.75, 3.05) is 5.73 Å². The lowest BCUT2D eigenvalue weighted by Gasteiger charge is -2.11. The third-order valence-corrected chi connectivity index (χ3v) is 4.32. The minimum atomic E-state index is 0.00206. The Bertz CT molecular complexity index is 831. The van der Waals surface area contributed by atoms with Gasteiger partial charge in [0.15, 0.2) is 5.75 Å². The van der Waals surface area contributed by atoms with E-state index in [1.807, 2.05) is 24.3 Å². The summed E-state index contributed by atoms with van der Waals surface area (Å²) >= 11 is 13.2. The molecule has 0 saturated heterocycles. The van der Waals surface area contributed by atoms with Crippen molar-refractivity contribution in [3.63, 3.8) is 0 Å². The first-order chi connectivity index (χ1) is 11.0. The summed E-state index contributed by atoms with van der Waals surface area (Å²) in [6, 6.07) is 11.3. The quantitative estimate of drug-likeness (QED) is 0.589. The molecule has 8 heteroatoms. The Morgan fingerprint density at radius 2 is 2.00 bits per heavy atom. The monoisotopic (exact) mass is 457 g/mol. The molecule has 5 nitrogen and oxygen atoms in total. The van der Waals surface area contributed by atoms with Gasteiger partial charge < -0.3 is 14.9 Å². The van der Waals surface area contributed by atoms with Gasteiger partial charge in [-0.05, 0) is 45.8 Å². The Balaban J connectivity index is 1.83. The van der Waals surface area contributed by atoms with Crippen LogP contribution in [-0.4, -0.2) is 10.2 Å². The second-order valence-corrected chi connectivity index (χ2v) is 6.81. The molecule has 2 aromatic carbocycles. The number of nitrogens with two attached hydrogens (primary N) is 1. The van der Waals surface area contributed by atoms with E-state index < -0.39 is 0 Å². The fraction of sp³-hybridized carbons (Fsp3) is 0.0667. The molecule has 0 fully saturated rings. The number of ether oxygens (including phenoxy) is 1. The second-order valence-electron chi connectivity index (χ2n) is 4.63. The number of nitrogen functional groups attached to an aromatic ring is 1. The Morgan fingerprint density at radius 3 is 2.65 bits per heavy atom. The van der Waals surface area contributed by atoms with Gasteiger partial charge in [-0.25, -0.2) is 0 Å². The molecule has 1 aromatic heterocycles. The molecule has 0 spiro atoms. The van der Waals surface area contributed by atoms with Crippen molar-refractivity contribution in [2.45, 2.75) is 6.61 Å². The van der Waals surface area contributed by atoms with Crippen molar-refractivity contribution in [1.29, 1.82) is 0 Å². The van der Waals surface area contributed by atoms with Crippen molar-refractivity contribution in [2.24, 2.45) is 0 Å². The van der Waals surface area contributed by atoms with Crippen molar-refractivity contribution in [3.8, 4) is 17.2 Å². The maximum absolute atomic E-state index is 6.30. The lowest BCUT2D eigenvalue weighted by molar-refractivity contribution is 0.304. The molecule has 0 bridgehead atoms. The van der Waals surface area contributed by atoms with E-state index in [2.05, 4.69) is 42.1 Å². The number of hydrogen-bond donors (Lipinski definition) is 1. The maximum atomic E-state index is 6.30. The maximum Gasteiger partial charge on any atom is 0.313 e. The highest BCUT2D eigenvalue weighted by molar-refractivity contribution is 9.10. The van der Waals surface area contributed by atoms with E-state index in [1.54, 1.807) is 12.1 Å². The van der Waals surface area contributed by atoms with E-state index in [-0.39, 0.29) is 6.01 Å². The van der Waals surface area contributed by atoms with Gasteiger partial charge in [-0.2, -0.15) is 0 Å². The number of benzene rings is 2. The summed E-state index contributed by atoms with van der Waals surface area (Å²) < 4.78 is 12.7. The first-order valence-corrected chi connectivity index (χ1v) is 8.45. The van der Waals surface area contributed by atoms with Crippen LogP contribution in [0.25, 0.3) is 11.5 Å². The summed E-state index contributed by atoms with van der Waals surface area (Å²) in [7, 11) is 0. The largest absolute Gasteiger partial charge is 0.486 e. The first kappa shape index (κ1) is 16.3. The second kappa shape index (κ2) is 6.90. The first-order valence-electron chi connectivity index (χ1n) is 6.48. The van der Waals surface area contributed by atoms with Crippen molar-refractivity contribution in [3.05, 3.63) is 55.9 Å². The van der Waals surface area contributed by atoms with Gasteiger partial charge in [-0.3, -0.25) is 0 Å². The molecule has 0 saturated carbocycles. The molecule has 0 aliphatic carbocycles. The third-order valence-electron chi connectivity index (χ3n) is 2.96. The van der Waals surface area contributed by atoms with Crippen LogP contribution in [0.1, 0.15) is 5.56 Å². The smallest absolute Gasteiger partial charge is 0.313 e. The highest BCUT2D eigenvalue weighted by Gasteiger charge is 2.14. The molecular formula is C15H10Br2ClN3O2. The summed E-state index contributed by atoms with van der Waals surface area (Å²) in [5.41, 5.74) is 7.11. The molecular weight excluding hydrogens is 449 g/mol. The van der Waals surface area contributed by atoms with Crippen LogP contribution in [0, 0.1) is 0 Å². The SMILES string of the molecule is Nc1nnc(-c2cc(Cl)c(OCc3cccc(Br)c3)c(Br)c2)o1. The fourth-order valence-electron chi connectivity index (χ4n) is 1.95. The lowest BCUT2D eigenvalue weighted by atomic mass is 10.2. The van der Waals surface area contributed by atoms with Crippen molar-refractivity contribution in [1.82, 2.24) is 10.2 Å². The van der Waals surface area contributed by atoms with E-state index in [0.29, 0.717) is 33.3 Å². The third kappa shape index (κ3) is 3.85. The summed E-state index contributed by atoms with van der Waals surface area (Å²) in [5.74, 6) is 0.839. The van der Waals surface area contributed by atoms with E-state index in [1.165, 1.54) is 0 Å². The van der Waals surface area contributed by atoms with E-state index in [0.717, 1.165) is 10.0 Å². The van der Waals surface area contributed by atoms with Crippen molar-refractivity contribution < 1.29 is 9.15 Å². The number of rotatable bonds is 4. The predicted molar refractivity (Wildman–Crippen MR) is 95.3 cm³/mol. The standard InChI is InChI=1S/C15H10Br2ClN3O2/c16-10-3-1-2-8(4-10)7-22-13-11(17)5-9(6-12(13)18)14-20-21-15(19)23-14/h1-6H,7H2,(H2,19,21). The molecule has 0 amide bonds. The number of aromatic nitrogens is 2. The molecule has 118 valence electrons. The van der Waals surface area contributed by atoms with Crippen LogP contribution in [0.3, 0.4) is 0 Å².